The number of nitrogens with zero attached hydrogens (tertiary/aromatic N) is 2. The molecule has 3 nitrogen and oxygen atoms in total. The molecular weight excluding hydrogens is 349 g/mol. The summed E-state index contributed by atoms with van der Waals surface area (Å²) in [5, 5.41) is 0.720. The summed E-state index contributed by atoms with van der Waals surface area (Å²) in [6.07, 6.45) is 0.641. The fourth-order valence-corrected chi connectivity index (χ4v) is 2.00. The summed E-state index contributed by atoms with van der Waals surface area (Å²) in [6, 6.07) is 7.67. The van der Waals surface area contributed by atoms with Crippen LogP contribution in [-0.4, -0.2) is 9.97 Å². The Morgan fingerprint density at radius 2 is 2.12 bits per heavy atom. The van der Waals surface area contributed by atoms with Gasteiger partial charge in [-0.2, -0.15) is 0 Å². The maximum atomic E-state index is 5.93. The largest absolute Gasteiger partial charge is 0.383 e. The van der Waals surface area contributed by atoms with Crippen LogP contribution in [0.4, 0.5) is 5.82 Å². The van der Waals surface area contributed by atoms with E-state index in [1.54, 1.807) is 0 Å². The fraction of sp³-hybridized carbons (Fsp3) is 0.167. The number of benzene rings is 1. The second kappa shape index (κ2) is 5.18. The van der Waals surface area contributed by atoms with E-state index in [2.05, 4.69) is 32.6 Å². The number of hydrogen-bond acceptors (Lipinski definition) is 3. The number of halogens is 2. The van der Waals surface area contributed by atoms with Crippen LogP contribution >= 0.6 is 34.2 Å². The smallest absolute Gasteiger partial charge is 0.140 e. The maximum Gasteiger partial charge on any atom is 0.140 e. The Morgan fingerprint density at radius 1 is 1.35 bits per heavy atom. The van der Waals surface area contributed by atoms with E-state index in [1.807, 2.05) is 31.2 Å². The van der Waals surface area contributed by atoms with Crippen molar-refractivity contribution in [1.82, 2.24) is 9.97 Å². The third-order valence-corrected chi connectivity index (χ3v) is 3.91. The molecule has 0 aliphatic heterocycles. The van der Waals surface area contributed by atoms with Gasteiger partial charge in [0.1, 0.15) is 11.6 Å². The van der Waals surface area contributed by atoms with E-state index in [0.29, 0.717) is 12.2 Å². The first kappa shape index (κ1) is 12.6. The Hall–Kier alpha value is -0.880. The van der Waals surface area contributed by atoms with Gasteiger partial charge in [-0.1, -0.05) is 23.7 Å². The number of hydrogen-bond donors (Lipinski definition) is 1. The van der Waals surface area contributed by atoms with Crippen LogP contribution in [0.3, 0.4) is 0 Å². The zero-order valence-corrected chi connectivity index (χ0v) is 12.2. The predicted octanol–water partition coefficient (Wildman–Crippen LogP) is 3.22. The Labute approximate surface area is 119 Å². The predicted molar refractivity (Wildman–Crippen MR) is 78.2 cm³/mol. The highest BCUT2D eigenvalue weighted by Crippen LogP contribution is 2.18. The Bertz CT molecular complexity index is 534. The molecular formula is C12H11ClIN3. The molecule has 2 rings (SSSR count). The van der Waals surface area contributed by atoms with Gasteiger partial charge in [0, 0.05) is 11.4 Å². The minimum absolute atomic E-state index is 0.537. The molecule has 2 N–H and O–H groups in total. The molecule has 0 saturated heterocycles. The van der Waals surface area contributed by atoms with Crippen molar-refractivity contribution in [3.05, 3.63) is 49.9 Å². The molecule has 0 saturated carbocycles. The van der Waals surface area contributed by atoms with Crippen LogP contribution in [0.2, 0.25) is 5.02 Å². The molecule has 2 aromatic rings. The molecule has 88 valence electrons. The average molecular weight is 360 g/mol. The van der Waals surface area contributed by atoms with Crippen LogP contribution in [0, 0.1) is 10.5 Å². The van der Waals surface area contributed by atoms with E-state index in [4.69, 9.17) is 17.3 Å². The number of aromatic nitrogens is 2. The van der Waals surface area contributed by atoms with Crippen LogP contribution in [-0.2, 0) is 6.42 Å². The molecule has 0 amide bonds. The summed E-state index contributed by atoms with van der Waals surface area (Å²) in [7, 11) is 0. The average Bonchev–Trinajstić information content (AvgIpc) is 2.26. The molecule has 0 bridgehead atoms. The van der Waals surface area contributed by atoms with Gasteiger partial charge in [-0.15, -0.1) is 0 Å². The molecule has 1 heterocycles. The molecule has 0 aliphatic rings. The normalized spacial score (nSPS) is 10.5. The summed E-state index contributed by atoms with van der Waals surface area (Å²) < 4.78 is 0.914. The molecule has 0 fully saturated rings. The molecule has 0 atom stereocenters. The fourth-order valence-electron chi connectivity index (χ4n) is 1.55. The van der Waals surface area contributed by atoms with Crippen molar-refractivity contribution in [1.29, 1.82) is 0 Å². The molecule has 0 unspecified atom stereocenters. The summed E-state index contributed by atoms with van der Waals surface area (Å²) in [5.41, 5.74) is 7.81. The molecule has 0 radical (unpaired) electrons. The van der Waals surface area contributed by atoms with Crippen LogP contribution in [0.1, 0.15) is 17.1 Å². The topological polar surface area (TPSA) is 51.8 Å². The van der Waals surface area contributed by atoms with E-state index < -0.39 is 0 Å². The number of nitrogen functional groups attached to an aromatic ring is 1. The quantitative estimate of drug-likeness (QED) is 0.838. The van der Waals surface area contributed by atoms with Crippen molar-refractivity contribution in [3.63, 3.8) is 0 Å². The van der Waals surface area contributed by atoms with Crippen molar-refractivity contribution >= 4 is 40.0 Å². The summed E-state index contributed by atoms with van der Waals surface area (Å²) >= 11 is 8.08. The van der Waals surface area contributed by atoms with Crippen LogP contribution < -0.4 is 5.73 Å². The molecule has 17 heavy (non-hydrogen) atoms. The minimum Gasteiger partial charge on any atom is -0.383 e. The van der Waals surface area contributed by atoms with E-state index in [9.17, 15) is 0 Å². The van der Waals surface area contributed by atoms with Crippen LogP contribution in [0.15, 0.2) is 24.3 Å². The van der Waals surface area contributed by atoms with Crippen LogP contribution in [0.25, 0.3) is 0 Å². The first-order chi connectivity index (χ1) is 8.06. The Balaban J connectivity index is 2.31. The lowest BCUT2D eigenvalue weighted by Crippen LogP contribution is -2.05. The van der Waals surface area contributed by atoms with Crippen LogP contribution in [0.5, 0.6) is 0 Å². The van der Waals surface area contributed by atoms with Crippen molar-refractivity contribution in [2.75, 3.05) is 5.73 Å². The van der Waals surface area contributed by atoms with Gasteiger partial charge in [-0.25, -0.2) is 9.97 Å². The maximum absolute atomic E-state index is 5.93. The molecule has 0 aliphatic carbocycles. The highest BCUT2D eigenvalue weighted by atomic mass is 127. The lowest BCUT2D eigenvalue weighted by atomic mass is 10.1. The van der Waals surface area contributed by atoms with Gasteiger partial charge < -0.3 is 5.73 Å². The van der Waals surface area contributed by atoms with Gasteiger partial charge in [0.05, 0.1) is 9.26 Å². The number of anilines is 1. The SMILES string of the molecule is Cc1nc(Cc2cccc(Cl)c2)nc(N)c1I. The molecule has 1 aromatic carbocycles. The third kappa shape index (κ3) is 3.07. The lowest BCUT2D eigenvalue weighted by Gasteiger charge is -2.06. The second-order valence-electron chi connectivity index (χ2n) is 3.73. The Kier molecular flexibility index (Phi) is 3.83. The first-order valence-electron chi connectivity index (χ1n) is 5.09. The van der Waals surface area contributed by atoms with E-state index in [0.717, 1.165) is 25.7 Å². The number of aryl methyl sites for hydroxylation is 1. The van der Waals surface area contributed by atoms with Crippen molar-refractivity contribution in [3.8, 4) is 0 Å². The number of nitrogens with two attached hydrogens (primary N) is 1. The number of rotatable bonds is 2. The van der Waals surface area contributed by atoms with Gasteiger partial charge in [-0.05, 0) is 47.2 Å². The van der Waals surface area contributed by atoms with Crippen molar-refractivity contribution in [2.45, 2.75) is 13.3 Å². The monoisotopic (exact) mass is 359 g/mol. The highest BCUT2D eigenvalue weighted by molar-refractivity contribution is 14.1. The summed E-state index contributed by atoms with van der Waals surface area (Å²) in [6.45, 7) is 1.93. The van der Waals surface area contributed by atoms with E-state index >= 15 is 0 Å². The van der Waals surface area contributed by atoms with Crippen molar-refractivity contribution < 1.29 is 0 Å². The van der Waals surface area contributed by atoms with Gasteiger partial charge in [0.2, 0.25) is 0 Å². The van der Waals surface area contributed by atoms with Gasteiger partial charge in [0.15, 0.2) is 0 Å². The molecule has 5 heteroatoms. The first-order valence-corrected chi connectivity index (χ1v) is 6.55. The third-order valence-electron chi connectivity index (χ3n) is 2.34. The highest BCUT2D eigenvalue weighted by Gasteiger charge is 2.07. The van der Waals surface area contributed by atoms with Gasteiger partial charge >= 0.3 is 0 Å². The van der Waals surface area contributed by atoms with E-state index in [1.165, 1.54) is 0 Å². The standard InChI is InChI=1S/C12H11ClIN3/c1-7-11(14)12(15)17-10(16-7)6-8-3-2-4-9(13)5-8/h2-5H,6H2,1H3,(H2,15,16,17). The van der Waals surface area contributed by atoms with Gasteiger partial charge in [0.25, 0.3) is 0 Å². The Morgan fingerprint density at radius 3 is 2.76 bits per heavy atom. The zero-order valence-electron chi connectivity index (χ0n) is 9.24. The summed E-state index contributed by atoms with van der Waals surface area (Å²) in [5.74, 6) is 1.26. The van der Waals surface area contributed by atoms with Gasteiger partial charge in [-0.3, -0.25) is 0 Å². The van der Waals surface area contributed by atoms with Crippen molar-refractivity contribution in [2.24, 2.45) is 0 Å². The minimum atomic E-state index is 0.537. The molecule has 1 aromatic heterocycles. The lowest BCUT2D eigenvalue weighted by molar-refractivity contribution is 0.940. The molecule has 0 spiro atoms. The summed E-state index contributed by atoms with van der Waals surface area (Å²) in [4.78, 5) is 8.69. The zero-order chi connectivity index (χ0) is 12.4. The second-order valence-corrected chi connectivity index (χ2v) is 5.25. The van der Waals surface area contributed by atoms with E-state index in [-0.39, 0.29) is 0 Å².